The summed E-state index contributed by atoms with van der Waals surface area (Å²) in [7, 11) is 0. The molecule has 0 aliphatic rings. The largest absolute Gasteiger partial charge is 0.224 e. The van der Waals surface area contributed by atoms with E-state index in [1.54, 1.807) is 6.07 Å². The first-order chi connectivity index (χ1) is 7.09. The summed E-state index contributed by atoms with van der Waals surface area (Å²) in [4.78, 5) is 4.00. The predicted octanol–water partition coefficient (Wildman–Crippen LogP) is 4.67. The maximum atomic E-state index is 5.96. The Balaban J connectivity index is 2.37. The summed E-state index contributed by atoms with van der Waals surface area (Å²) in [6.45, 7) is 4.47. The fourth-order valence-corrected chi connectivity index (χ4v) is 2.78. The molecular formula is C11H15Cl2NS. The zero-order chi connectivity index (χ0) is 11.3. The van der Waals surface area contributed by atoms with Crippen LogP contribution in [-0.2, 0) is 5.75 Å². The summed E-state index contributed by atoms with van der Waals surface area (Å²) < 4.78 is 0. The molecular weight excluding hydrogens is 249 g/mol. The standard InChI is InChI=1S/C11H15Cl2NS/c1-8(2)5-6-15-7-9-3-4-10(12)14-11(9)13/h3-4,8H,5-7H2,1-2H3. The molecule has 1 nitrogen and oxygen atoms in total. The van der Waals surface area contributed by atoms with Gasteiger partial charge in [0.25, 0.3) is 0 Å². The summed E-state index contributed by atoms with van der Waals surface area (Å²) >= 11 is 13.6. The zero-order valence-electron chi connectivity index (χ0n) is 8.96. The third kappa shape index (κ3) is 5.10. The molecule has 0 aliphatic carbocycles. The van der Waals surface area contributed by atoms with Crippen LogP contribution < -0.4 is 0 Å². The van der Waals surface area contributed by atoms with Crippen LogP contribution in [0.15, 0.2) is 12.1 Å². The highest BCUT2D eigenvalue weighted by molar-refractivity contribution is 7.98. The highest BCUT2D eigenvalue weighted by Gasteiger charge is 2.03. The fourth-order valence-electron chi connectivity index (χ4n) is 1.05. The number of halogens is 2. The van der Waals surface area contributed by atoms with Crippen LogP contribution >= 0.6 is 35.0 Å². The maximum Gasteiger partial charge on any atom is 0.134 e. The molecule has 0 bridgehead atoms. The van der Waals surface area contributed by atoms with Gasteiger partial charge in [0, 0.05) is 5.75 Å². The van der Waals surface area contributed by atoms with E-state index < -0.39 is 0 Å². The molecule has 0 saturated carbocycles. The van der Waals surface area contributed by atoms with Crippen molar-refractivity contribution in [3.05, 3.63) is 28.0 Å². The Hall–Kier alpha value is 0.0800. The normalized spacial score (nSPS) is 11.0. The van der Waals surface area contributed by atoms with Gasteiger partial charge in [-0.1, -0.05) is 43.1 Å². The Bertz CT molecular complexity index is 315. The zero-order valence-corrected chi connectivity index (χ0v) is 11.3. The van der Waals surface area contributed by atoms with Crippen molar-refractivity contribution in [3.8, 4) is 0 Å². The first-order valence-electron chi connectivity index (χ1n) is 4.98. The van der Waals surface area contributed by atoms with Crippen LogP contribution in [0.3, 0.4) is 0 Å². The van der Waals surface area contributed by atoms with Gasteiger partial charge in [-0.15, -0.1) is 0 Å². The summed E-state index contributed by atoms with van der Waals surface area (Å²) in [5.41, 5.74) is 1.06. The van der Waals surface area contributed by atoms with Gasteiger partial charge in [-0.3, -0.25) is 0 Å². The summed E-state index contributed by atoms with van der Waals surface area (Å²) in [5.74, 6) is 2.84. The van der Waals surface area contributed by atoms with E-state index in [9.17, 15) is 0 Å². The van der Waals surface area contributed by atoms with Crippen LogP contribution in [0.1, 0.15) is 25.8 Å². The molecule has 84 valence electrons. The van der Waals surface area contributed by atoms with Gasteiger partial charge >= 0.3 is 0 Å². The molecule has 1 aromatic heterocycles. The number of hydrogen-bond donors (Lipinski definition) is 0. The molecule has 4 heteroatoms. The molecule has 1 rings (SSSR count). The maximum absolute atomic E-state index is 5.96. The van der Waals surface area contributed by atoms with Crippen LogP contribution in [0.25, 0.3) is 0 Å². The second-order valence-electron chi connectivity index (χ2n) is 3.82. The lowest BCUT2D eigenvalue weighted by Crippen LogP contribution is -1.92. The Morgan fingerprint density at radius 2 is 2.07 bits per heavy atom. The number of rotatable bonds is 5. The number of pyridine rings is 1. The van der Waals surface area contributed by atoms with E-state index in [2.05, 4.69) is 18.8 Å². The predicted molar refractivity (Wildman–Crippen MR) is 69.9 cm³/mol. The highest BCUT2D eigenvalue weighted by Crippen LogP contribution is 2.22. The van der Waals surface area contributed by atoms with Crippen molar-refractivity contribution >= 4 is 35.0 Å². The molecule has 1 heterocycles. The molecule has 0 saturated heterocycles. The lowest BCUT2D eigenvalue weighted by atomic mass is 10.2. The molecule has 0 N–H and O–H groups in total. The highest BCUT2D eigenvalue weighted by atomic mass is 35.5. The first kappa shape index (κ1) is 13.1. The van der Waals surface area contributed by atoms with Crippen LogP contribution in [0.2, 0.25) is 10.3 Å². The van der Waals surface area contributed by atoms with Gasteiger partial charge in [0.1, 0.15) is 10.3 Å². The van der Waals surface area contributed by atoms with Gasteiger partial charge < -0.3 is 0 Å². The Labute approximate surface area is 106 Å². The number of nitrogens with zero attached hydrogens (tertiary/aromatic N) is 1. The Kier molecular flexibility index (Phi) is 5.80. The minimum Gasteiger partial charge on any atom is -0.224 e. The van der Waals surface area contributed by atoms with E-state index in [1.807, 2.05) is 17.8 Å². The van der Waals surface area contributed by atoms with Crippen molar-refractivity contribution in [2.75, 3.05) is 5.75 Å². The van der Waals surface area contributed by atoms with Gasteiger partial charge in [-0.2, -0.15) is 11.8 Å². The van der Waals surface area contributed by atoms with Gasteiger partial charge in [0.2, 0.25) is 0 Å². The van der Waals surface area contributed by atoms with E-state index in [0.29, 0.717) is 10.3 Å². The quantitative estimate of drug-likeness (QED) is 0.566. The fraction of sp³-hybridized carbons (Fsp3) is 0.545. The number of thioether (sulfide) groups is 1. The minimum absolute atomic E-state index is 0.455. The molecule has 1 aromatic rings. The molecule has 0 fully saturated rings. The lowest BCUT2D eigenvalue weighted by molar-refractivity contribution is 0.632. The van der Waals surface area contributed by atoms with Gasteiger partial charge in [-0.25, -0.2) is 4.98 Å². The average molecular weight is 264 g/mol. The van der Waals surface area contributed by atoms with Crippen LogP contribution in [0, 0.1) is 5.92 Å². The molecule has 0 spiro atoms. The van der Waals surface area contributed by atoms with E-state index in [0.717, 1.165) is 23.0 Å². The van der Waals surface area contributed by atoms with Gasteiger partial charge in [0.15, 0.2) is 0 Å². The summed E-state index contributed by atoms with van der Waals surface area (Å²) in [6.07, 6.45) is 1.24. The van der Waals surface area contributed by atoms with E-state index in [1.165, 1.54) is 6.42 Å². The van der Waals surface area contributed by atoms with Crippen molar-refractivity contribution in [1.82, 2.24) is 4.98 Å². The SMILES string of the molecule is CC(C)CCSCc1ccc(Cl)nc1Cl. The lowest BCUT2D eigenvalue weighted by Gasteiger charge is -2.05. The third-order valence-corrected chi connectivity index (χ3v) is 3.57. The monoisotopic (exact) mass is 263 g/mol. The summed E-state index contributed by atoms with van der Waals surface area (Å²) in [6, 6.07) is 3.73. The van der Waals surface area contributed by atoms with Crippen molar-refractivity contribution in [1.29, 1.82) is 0 Å². The molecule has 0 atom stereocenters. The first-order valence-corrected chi connectivity index (χ1v) is 6.89. The van der Waals surface area contributed by atoms with Crippen molar-refractivity contribution in [2.24, 2.45) is 5.92 Å². The second-order valence-corrected chi connectivity index (χ2v) is 5.67. The van der Waals surface area contributed by atoms with Crippen molar-refractivity contribution in [3.63, 3.8) is 0 Å². The van der Waals surface area contributed by atoms with Crippen LogP contribution in [-0.4, -0.2) is 10.7 Å². The molecule has 0 radical (unpaired) electrons. The van der Waals surface area contributed by atoms with Gasteiger partial charge in [-0.05, 0) is 29.7 Å². The smallest absolute Gasteiger partial charge is 0.134 e. The third-order valence-electron chi connectivity index (χ3n) is 1.99. The minimum atomic E-state index is 0.455. The van der Waals surface area contributed by atoms with E-state index >= 15 is 0 Å². The second kappa shape index (κ2) is 6.62. The Morgan fingerprint density at radius 3 is 2.67 bits per heavy atom. The molecule has 0 aromatic carbocycles. The average Bonchev–Trinajstić information content (AvgIpc) is 2.14. The number of hydrogen-bond acceptors (Lipinski definition) is 2. The summed E-state index contributed by atoms with van der Waals surface area (Å²) in [5, 5.41) is 0.982. The Morgan fingerprint density at radius 1 is 1.33 bits per heavy atom. The number of aromatic nitrogens is 1. The molecule has 0 aliphatic heterocycles. The van der Waals surface area contributed by atoms with Gasteiger partial charge in [0.05, 0.1) is 0 Å². The molecule has 15 heavy (non-hydrogen) atoms. The van der Waals surface area contributed by atoms with Crippen LogP contribution in [0.4, 0.5) is 0 Å². The molecule has 0 amide bonds. The van der Waals surface area contributed by atoms with E-state index in [4.69, 9.17) is 23.2 Å². The van der Waals surface area contributed by atoms with Crippen molar-refractivity contribution in [2.45, 2.75) is 26.0 Å². The topological polar surface area (TPSA) is 12.9 Å². The van der Waals surface area contributed by atoms with Crippen molar-refractivity contribution < 1.29 is 0 Å². The van der Waals surface area contributed by atoms with E-state index in [-0.39, 0.29) is 0 Å². The molecule has 0 unspecified atom stereocenters. The van der Waals surface area contributed by atoms with Crippen LogP contribution in [0.5, 0.6) is 0 Å².